The van der Waals surface area contributed by atoms with Gasteiger partial charge in [0.15, 0.2) is 7.14 Å². The van der Waals surface area contributed by atoms with Gasteiger partial charge in [0, 0.05) is 0 Å². The lowest BCUT2D eigenvalue weighted by atomic mass is 10.3. The molecule has 20 heavy (non-hydrogen) atoms. The van der Waals surface area contributed by atoms with Crippen molar-refractivity contribution in [1.29, 1.82) is 0 Å². The highest BCUT2D eigenvalue weighted by Crippen LogP contribution is 1.98. The molecule has 0 radical (unpaired) electrons. The highest BCUT2D eigenvalue weighted by Gasteiger charge is 2.12. The Balaban J connectivity index is 0.000000178. The van der Waals surface area contributed by atoms with Gasteiger partial charge in [0.1, 0.15) is 0 Å². The second-order valence-corrected chi connectivity index (χ2v) is 7.03. The van der Waals surface area contributed by atoms with Gasteiger partial charge in [-0.3, -0.25) is 0 Å². The third-order valence-electron chi connectivity index (χ3n) is 2.43. The zero-order valence-electron chi connectivity index (χ0n) is 10.9. The summed E-state index contributed by atoms with van der Waals surface area (Å²) in [5.74, 6) is 0.0718. The van der Waals surface area contributed by atoms with E-state index in [1.165, 1.54) is 19.3 Å². The second kappa shape index (κ2) is 8.38. The topological polar surface area (TPSA) is 23.1 Å². The lowest BCUT2D eigenvalue weighted by Crippen LogP contribution is -3.61. The van der Waals surface area contributed by atoms with E-state index in [0.29, 0.717) is 0 Å². The van der Waals surface area contributed by atoms with Crippen molar-refractivity contribution in [2.24, 2.45) is 0 Å². The van der Waals surface area contributed by atoms with Crippen LogP contribution in [0.25, 0.3) is 0 Å². The average Bonchev–Trinajstić information content (AvgIpc) is 2.51. The summed E-state index contributed by atoms with van der Waals surface area (Å²) in [6.45, 7) is 0. The molecular weight excluding hydrogens is 359 g/mol. The Kier molecular flexibility index (Phi) is 6.11. The molecule has 0 saturated heterocycles. The van der Waals surface area contributed by atoms with E-state index in [0.717, 1.165) is 0 Å². The van der Waals surface area contributed by atoms with Crippen LogP contribution in [0, 0.1) is 7.14 Å². The zero-order chi connectivity index (χ0) is 14.0. The highest BCUT2D eigenvalue weighted by atomic mass is 127. The maximum atomic E-state index is 10.3. The minimum absolute atomic E-state index is 0.0287. The molecule has 2 heteroatoms. The third kappa shape index (κ3) is 5.45. The van der Waals surface area contributed by atoms with E-state index in [2.05, 4.69) is 60.7 Å². The fraction of sp³-hybridized carbons (Fsp3) is 0. The number of rotatable bonds is 2. The van der Waals surface area contributed by atoms with E-state index < -0.39 is 0 Å². The molecule has 0 aromatic heterocycles. The molecule has 0 aliphatic rings. The van der Waals surface area contributed by atoms with Gasteiger partial charge in [-0.1, -0.05) is 66.7 Å². The van der Waals surface area contributed by atoms with Crippen LogP contribution in [0.3, 0.4) is 0 Å². The van der Waals surface area contributed by atoms with Gasteiger partial charge in [-0.2, -0.15) is 0 Å². The quantitative estimate of drug-likeness (QED) is 0.602. The molecule has 3 aromatic rings. The molecule has 0 amide bonds. The number of halogens is 1. The van der Waals surface area contributed by atoms with Gasteiger partial charge in [-0.25, -0.2) is 0 Å². The average molecular weight is 374 g/mol. The van der Waals surface area contributed by atoms with Crippen LogP contribution in [-0.4, -0.2) is 0 Å². The van der Waals surface area contributed by atoms with Crippen LogP contribution in [0.15, 0.2) is 91.0 Å². The largest absolute Gasteiger partial charge is 0.872 e. The number of hydrogen-bond acceptors (Lipinski definition) is 1. The predicted molar refractivity (Wildman–Crippen MR) is 76.2 cm³/mol. The van der Waals surface area contributed by atoms with Gasteiger partial charge in [-0.05, 0) is 24.3 Å². The van der Waals surface area contributed by atoms with Crippen LogP contribution in [0.1, 0.15) is 0 Å². The molecule has 0 aliphatic carbocycles. The smallest absolute Gasteiger partial charge is 0.357 e. The minimum Gasteiger partial charge on any atom is -0.872 e. The number of benzene rings is 3. The van der Waals surface area contributed by atoms with Crippen LogP contribution in [0.4, 0.5) is 0 Å². The summed E-state index contributed by atoms with van der Waals surface area (Å²) in [6.07, 6.45) is 0. The van der Waals surface area contributed by atoms with Crippen molar-refractivity contribution in [3.8, 4) is 5.75 Å². The Morgan fingerprint density at radius 1 is 0.500 bits per heavy atom. The van der Waals surface area contributed by atoms with Crippen molar-refractivity contribution < 1.29 is 26.3 Å². The molecule has 3 rings (SSSR count). The summed E-state index contributed by atoms with van der Waals surface area (Å²) < 4.78 is 2.96. The molecule has 100 valence electrons. The van der Waals surface area contributed by atoms with Gasteiger partial charge in [0.25, 0.3) is 0 Å². The Hall–Kier alpha value is -1.81. The van der Waals surface area contributed by atoms with Crippen molar-refractivity contribution >= 4 is 0 Å². The van der Waals surface area contributed by atoms with E-state index in [4.69, 9.17) is 0 Å². The molecule has 0 saturated carbocycles. The normalized spacial score (nSPS) is 9.40. The molecule has 1 nitrogen and oxygen atoms in total. The number of para-hydroxylation sites is 1. The lowest BCUT2D eigenvalue weighted by Gasteiger charge is -1.98. The monoisotopic (exact) mass is 374 g/mol. The van der Waals surface area contributed by atoms with Crippen molar-refractivity contribution in [3.63, 3.8) is 0 Å². The van der Waals surface area contributed by atoms with Crippen molar-refractivity contribution in [2.45, 2.75) is 0 Å². The summed E-state index contributed by atoms with van der Waals surface area (Å²) in [5.41, 5.74) is 0. The van der Waals surface area contributed by atoms with Crippen molar-refractivity contribution in [1.82, 2.24) is 0 Å². The Morgan fingerprint density at radius 2 is 0.850 bits per heavy atom. The molecule has 0 unspecified atom stereocenters. The first-order chi connectivity index (χ1) is 9.84. The van der Waals surface area contributed by atoms with Crippen LogP contribution >= 0.6 is 0 Å². The fourth-order valence-electron chi connectivity index (χ4n) is 1.50. The predicted octanol–water partition coefficient (Wildman–Crippen LogP) is 0.575. The van der Waals surface area contributed by atoms with Crippen LogP contribution in [-0.2, 0) is 0 Å². The number of hydrogen-bond donors (Lipinski definition) is 0. The van der Waals surface area contributed by atoms with E-state index in [9.17, 15) is 5.11 Å². The van der Waals surface area contributed by atoms with Crippen LogP contribution in [0.5, 0.6) is 5.75 Å². The van der Waals surface area contributed by atoms with Crippen molar-refractivity contribution in [2.75, 3.05) is 0 Å². The van der Waals surface area contributed by atoms with E-state index >= 15 is 0 Å². The standard InChI is InChI=1S/C12H10I.C6H6O/c1-3-7-11(8-4-1)13-12-9-5-2-6-10-12;7-6-4-2-1-3-5-6/h1-10H;1-5,7H/q+1;/p-1. The summed E-state index contributed by atoms with van der Waals surface area (Å²) in [6, 6.07) is 29.7. The van der Waals surface area contributed by atoms with Crippen LogP contribution < -0.4 is 26.3 Å². The third-order valence-corrected chi connectivity index (χ3v) is 5.11. The van der Waals surface area contributed by atoms with Crippen molar-refractivity contribution in [3.05, 3.63) is 98.1 Å². The Morgan fingerprint density at radius 3 is 1.15 bits per heavy atom. The first-order valence-electron chi connectivity index (χ1n) is 6.31. The first-order valence-corrected chi connectivity index (χ1v) is 8.47. The minimum atomic E-state index is 0.0287. The first kappa shape index (κ1) is 14.6. The summed E-state index contributed by atoms with van der Waals surface area (Å²) in [7, 11) is 0. The van der Waals surface area contributed by atoms with Gasteiger partial charge in [0.05, 0.1) is 0 Å². The van der Waals surface area contributed by atoms with Gasteiger partial charge >= 0.3 is 21.2 Å². The SMILES string of the molecule is [O-]c1ccccc1.c1ccc([I+]c2ccccc2)cc1. The van der Waals surface area contributed by atoms with Gasteiger partial charge in [-0.15, -0.1) is 5.75 Å². The molecule has 0 spiro atoms. The highest BCUT2D eigenvalue weighted by molar-refractivity contribution is 5.17. The molecule has 0 atom stereocenters. The molecule has 0 aliphatic heterocycles. The van der Waals surface area contributed by atoms with E-state index in [1.54, 1.807) is 12.1 Å². The lowest BCUT2D eigenvalue weighted by molar-refractivity contribution is -0.597. The second-order valence-electron chi connectivity index (χ2n) is 4.00. The van der Waals surface area contributed by atoms with Gasteiger partial charge < -0.3 is 5.11 Å². The maximum Gasteiger partial charge on any atom is 0.357 e. The molecule has 0 fully saturated rings. The summed E-state index contributed by atoms with van der Waals surface area (Å²) in [4.78, 5) is 0. The zero-order valence-corrected chi connectivity index (χ0v) is 13.1. The van der Waals surface area contributed by atoms with E-state index in [-0.39, 0.29) is 27.0 Å². The molecule has 0 bridgehead atoms. The Bertz CT molecular complexity index is 557. The van der Waals surface area contributed by atoms with E-state index in [1.807, 2.05) is 6.07 Å². The fourth-order valence-corrected chi connectivity index (χ4v) is 3.77. The molecule has 0 heterocycles. The van der Waals surface area contributed by atoms with Gasteiger partial charge in [0.2, 0.25) is 0 Å². The summed E-state index contributed by atoms with van der Waals surface area (Å²) in [5, 5.41) is 10.3. The molecule has 0 N–H and O–H groups in total. The summed E-state index contributed by atoms with van der Waals surface area (Å²) >= 11 is 0.0287. The Labute approximate surface area is 130 Å². The maximum absolute atomic E-state index is 10.3. The molecular formula is C18H15IO. The molecule has 3 aromatic carbocycles. The van der Waals surface area contributed by atoms with Crippen LogP contribution in [0.2, 0.25) is 0 Å².